The molecular weight excluding hydrogens is 612 g/mol. The van der Waals surface area contributed by atoms with Crippen LogP contribution in [0.4, 0.5) is 10.5 Å². The van der Waals surface area contributed by atoms with E-state index in [9.17, 15) is 24.0 Å². The maximum Gasteiger partial charge on any atom is 0.410 e. The fraction of sp³-hybridized carbons (Fsp3) is 0.472. The fourth-order valence-electron chi connectivity index (χ4n) is 6.32. The molecule has 0 radical (unpaired) electrons. The van der Waals surface area contributed by atoms with Gasteiger partial charge in [-0.2, -0.15) is 0 Å². The molecule has 2 aromatic carbocycles. The predicted molar refractivity (Wildman–Crippen MR) is 182 cm³/mol. The van der Waals surface area contributed by atoms with Crippen LogP contribution in [0.1, 0.15) is 65.9 Å². The summed E-state index contributed by atoms with van der Waals surface area (Å²) in [6, 6.07) is 14.2. The van der Waals surface area contributed by atoms with Crippen molar-refractivity contribution in [3.8, 4) is 0 Å². The Balaban J connectivity index is 1.27. The van der Waals surface area contributed by atoms with Gasteiger partial charge in [0, 0.05) is 42.3 Å². The Morgan fingerprint density at radius 3 is 2.23 bits per heavy atom. The van der Waals surface area contributed by atoms with E-state index in [1.165, 1.54) is 9.80 Å². The molecule has 0 aliphatic carbocycles. The van der Waals surface area contributed by atoms with Gasteiger partial charge in [0.25, 0.3) is 0 Å². The summed E-state index contributed by atoms with van der Waals surface area (Å²) in [6.45, 7) is 9.24. The Labute approximate surface area is 280 Å². The Kier molecular flexibility index (Phi) is 10.1. The second kappa shape index (κ2) is 14.1. The number of rotatable bonds is 9. The number of H-pyrrole nitrogens is 1. The number of ether oxygens (including phenoxy) is 1. The standard InChI is InChI=1S/C36H46N6O6/c1-35(2,3)48-34(47)42-20-12-18-29(42)32(45)41-19-11-17-28(41)31(44)40-36(4,5)33(46)39-27(30(43)38-24-13-7-6-8-14-24)21-23-22-37-26-16-10-9-15-25(23)26/h6-10,13-16,22,27-29,37H,11-12,17-21H2,1-5H3,(H,38,43)(H,39,46)(H,40,44). The SMILES string of the molecule is CC(C)(C)OC(=O)N1CCCC1C(=O)N1CCCC1C(=O)NC(C)(C)C(=O)NC(Cc1c[nH]c2ccccc12)C(=O)Nc1ccccc1. The quantitative estimate of drug-likeness (QED) is 0.272. The molecule has 3 aromatic rings. The molecule has 12 nitrogen and oxygen atoms in total. The summed E-state index contributed by atoms with van der Waals surface area (Å²) in [5, 5.41) is 9.53. The van der Waals surface area contributed by atoms with Crippen LogP contribution in [0.25, 0.3) is 10.9 Å². The van der Waals surface area contributed by atoms with Gasteiger partial charge in [-0.3, -0.25) is 24.1 Å². The molecule has 2 aliphatic rings. The van der Waals surface area contributed by atoms with Gasteiger partial charge in [0.05, 0.1) is 0 Å². The first-order valence-electron chi connectivity index (χ1n) is 16.6. The van der Waals surface area contributed by atoms with Gasteiger partial charge in [-0.15, -0.1) is 0 Å². The van der Waals surface area contributed by atoms with Crippen LogP contribution >= 0.6 is 0 Å². The van der Waals surface area contributed by atoms with Crippen molar-refractivity contribution in [3.05, 3.63) is 66.4 Å². The van der Waals surface area contributed by atoms with E-state index in [1.54, 1.807) is 58.9 Å². The fourth-order valence-corrected chi connectivity index (χ4v) is 6.32. The molecule has 3 unspecified atom stereocenters. The highest BCUT2D eigenvalue weighted by molar-refractivity contribution is 6.00. The van der Waals surface area contributed by atoms with E-state index >= 15 is 0 Å². The lowest BCUT2D eigenvalue weighted by Gasteiger charge is -2.34. The minimum Gasteiger partial charge on any atom is -0.444 e. The highest BCUT2D eigenvalue weighted by Crippen LogP contribution is 2.27. The zero-order valence-corrected chi connectivity index (χ0v) is 28.3. The first-order chi connectivity index (χ1) is 22.7. The van der Waals surface area contributed by atoms with Crippen molar-refractivity contribution in [2.24, 2.45) is 0 Å². The molecule has 2 fully saturated rings. The molecule has 0 spiro atoms. The van der Waals surface area contributed by atoms with Crippen molar-refractivity contribution >= 4 is 46.3 Å². The van der Waals surface area contributed by atoms with Gasteiger partial charge in [-0.25, -0.2) is 4.79 Å². The number of likely N-dealkylation sites (tertiary alicyclic amines) is 2. The monoisotopic (exact) mass is 658 g/mol. The third-order valence-electron chi connectivity index (χ3n) is 8.77. The molecule has 2 saturated heterocycles. The van der Waals surface area contributed by atoms with Gasteiger partial charge >= 0.3 is 6.09 Å². The number of aromatic nitrogens is 1. The van der Waals surface area contributed by atoms with E-state index in [0.717, 1.165) is 16.5 Å². The van der Waals surface area contributed by atoms with Crippen LogP contribution < -0.4 is 16.0 Å². The molecule has 48 heavy (non-hydrogen) atoms. The highest BCUT2D eigenvalue weighted by Gasteiger charge is 2.44. The largest absolute Gasteiger partial charge is 0.444 e. The van der Waals surface area contributed by atoms with Gasteiger partial charge in [-0.1, -0.05) is 36.4 Å². The number of nitrogens with zero attached hydrogens (tertiary/aromatic N) is 2. The molecule has 1 aromatic heterocycles. The van der Waals surface area contributed by atoms with Gasteiger partial charge in [0.15, 0.2) is 0 Å². The Morgan fingerprint density at radius 2 is 1.52 bits per heavy atom. The van der Waals surface area contributed by atoms with Gasteiger partial charge in [-0.05, 0) is 84.1 Å². The van der Waals surface area contributed by atoms with Crippen molar-refractivity contribution in [1.82, 2.24) is 25.4 Å². The van der Waals surface area contributed by atoms with E-state index in [-0.39, 0.29) is 12.3 Å². The van der Waals surface area contributed by atoms with E-state index in [0.29, 0.717) is 44.5 Å². The number of fused-ring (bicyclic) bond motifs is 1. The summed E-state index contributed by atoms with van der Waals surface area (Å²) in [6.07, 6.45) is 3.67. The molecule has 0 bridgehead atoms. The Morgan fingerprint density at radius 1 is 0.875 bits per heavy atom. The van der Waals surface area contributed by atoms with Crippen molar-refractivity contribution in [2.45, 2.75) is 96.0 Å². The predicted octanol–water partition coefficient (Wildman–Crippen LogP) is 4.12. The lowest BCUT2D eigenvalue weighted by Crippen LogP contribution is -2.61. The number of para-hydroxylation sites is 2. The van der Waals surface area contributed by atoms with Gasteiger partial charge in [0.1, 0.15) is 29.3 Å². The second-order valence-corrected chi connectivity index (χ2v) is 14.1. The molecule has 256 valence electrons. The average molecular weight is 659 g/mol. The summed E-state index contributed by atoms with van der Waals surface area (Å²) >= 11 is 0. The Hall–Kier alpha value is -4.87. The minimum absolute atomic E-state index is 0.207. The zero-order chi connectivity index (χ0) is 34.6. The second-order valence-electron chi connectivity index (χ2n) is 14.1. The lowest BCUT2D eigenvalue weighted by atomic mass is 9.99. The van der Waals surface area contributed by atoms with Gasteiger partial charge in [0.2, 0.25) is 23.6 Å². The summed E-state index contributed by atoms with van der Waals surface area (Å²) < 4.78 is 5.53. The molecule has 0 saturated carbocycles. The Bertz CT molecular complexity index is 1660. The lowest BCUT2D eigenvalue weighted by molar-refractivity contribution is -0.143. The van der Waals surface area contributed by atoms with Crippen LogP contribution in [-0.2, 0) is 30.3 Å². The van der Waals surface area contributed by atoms with Crippen LogP contribution in [0.2, 0.25) is 0 Å². The molecule has 4 N–H and O–H groups in total. The number of anilines is 1. The zero-order valence-electron chi connectivity index (χ0n) is 28.3. The van der Waals surface area contributed by atoms with E-state index in [1.807, 2.05) is 36.5 Å². The smallest absolute Gasteiger partial charge is 0.410 e. The number of benzene rings is 2. The van der Waals surface area contributed by atoms with Crippen LogP contribution in [0.15, 0.2) is 60.8 Å². The highest BCUT2D eigenvalue weighted by atomic mass is 16.6. The maximum atomic E-state index is 13.8. The average Bonchev–Trinajstić information content (AvgIpc) is 3.80. The first kappa shape index (κ1) is 34.5. The third kappa shape index (κ3) is 7.98. The number of hydrogen-bond acceptors (Lipinski definition) is 6. The summed E-state index contributed by atoms with van der Waals surface area (Å²) in [5.74, 6) is -1.72. The number of nitrogens with one attached hydrogen (secondary N) is 4. The molecule has 2 aliphatic heterocycles. The summed E-state index contributed by atoms with van der Waals surface area (Å²) in [5.41, 5.74) is 0.235. The van der Waals surface area contributed by atoms with E-state index in [4.69, 9.17) is 4.74 Å². The van der Waals surface area contributed by atoms with Crippen molar-refractivity contribution < 1.29 is 28.7 Å². The first-order valence-corrected chi connectivity index (χ1v) is 16.6. The van der Waals surface area contributed by atoms with Crippen molar-refractivity contribution in [3.63, 3.8) is 0 Å². The van der Waals surface area contributed by atoms with Crippen LogP contribution in [-0.4, -0.2) is 86.9 Å². The van der Waals surface area contributed by atoms with Crippen LogP contribution in [0.5, 0.6) is 0 Å². The summed E-state index contributed by atoms with van der Waals surface area (Å²) in [4.78, 5) is 73.8. The normalized spacial score (nSPS) is 18.8. The molecule has 5 amide bonds. The number of carbonyl (C=O) groups is 5. The number of hydrogen-bond donors (Lipinski definition) is 4. The summed E-state index contributed by atoms with van der Waals surface area (Å²) in [7, 11) is 0. The maximum absolute atomic E-state index is 13.8. The number of aromatic amines is 1. The van der Waals surface area contributed by atoms with Crippen molar-refractivity contribution in [2.75, 3.05) is 18.4 Å². The minimum atomic E-state index is -1.42. The number of amides is 5. The van der Waals surface area contributed by atoms with Crippen LogP contribution in [0, 0.1) is 0 Å². The van der Waals surface area contributed by atoms with Gasteiger partial charge < -0.3 is 30.6 Å². The molecular formula is C36H46N6O6. The third-order valence-corrected chi connectivity index (χ3v) is 8.77. The van der Waals surface area contributed by atoms with E-state index < -0.39 is 53.1 Å². The molecule has 3 heterocycles. The van der Waals surface area contributed by atoms with Crippen LogP contribution in [0.3, 0.4) is 0 Å². The van der Waals surface area contributed by atoms with E-state index in [2.05, 4.69) is 20.9 Å². The topological polar surface area (TPSA) is 153 Å². The molecule has 5 rings (SSSR count). The van der Waals surface area contributed by atoms with Crippen molar-refractivity contribution in [1.29, 1.82) is 0 Å². The molecule has 12 heteroatoms. The molecule has 3 atom stereocenters. The number of carbonyl (C=O) groups excluding carboxylic acids is 5.